The summed E-state index contributed by atoms with van der Waals surface area (Å²) < 4.78 is 11.7. The Hall–Kier alpha value is -3.12. The van der Waals surface area contributed by atoms with Crippen molar-refractivity contribution in [2.45, 2.75) is 37.9 Å². The van der Waals surface area contributed by atoms with Gasteiger partial charge in [-0.05, 0) is 42.7 Å². The van der Waals surface area contributed by atoms with E-state index in [1.54, 1.807) is 6.20 Å². The predicted octanol–water partition coefficient (Wildman–Crippen LogP) is 4.16. The number of carbonyl (C=O) groups excluding carboxylic acids is 1. The third-order valence-corrected chi connectivity index (χ3v) is 6.17. The average Bonchev–Trinajstić information content (AvgIpc) is 3.35. The van der Waals surface area contributed by atoms with Crippen LogP contribution in [0.15, 0.2) is 54.7 Å². The van der Waals surface area contributed by atoms with Crippen LogP contribution in [0.3, 0.4) is 0 Å². The molecule has 6 heteroatoms. The number of carbonyl (C=O) groups is 1. The van der Waals surface area contributed by atoms with Crippen LogP contribution in [0.5, 0.6) is 11.5 Å². The van der Waals surface area contributed by atoms with Gasteiger partial charge in [0.15, 0.2) is 0 Å². The SMILES string of the molecule is O=C(C1CCCO1)N1CCC(Oc2ccc(-c3ccc4cccnc4c3O)cc2)CC1. The first kappa shape index (κ1) is 19.8. The molecular weight excluding hydrogens is 392 g/mol. The van der Waals surface area contributed by atoms with Gasteiger partial charge >= 0.3 is 0 Å². The lowest BCUT2D eigenvalue weighted by molar-refractivity contribution is -0.142. The minimum absolute atomic E-state index is 0.0951. The Morgan fingerprint density at radius 3 is 2.61 bits per heavy atom. The van der Waals surface area contributed by atoms with Gasteiger partial charge in [0.25, 0.3) is 5.91 Å². The Labute approximate surface area is 181 Å². The number of fused-ring (bicyclic) bond motifs is 1. The quantitative estimate of drug-likeness (QED) is 0.689. The number of pyridine rings is 1. The zero-order chi connectivity index (χ0) is 21.2. The highest BCUT2D eigenvalue weighted by atomic mass is 16.5. The summed E-state index contributed by atoms with van der Waals surface area (Å²) in [5.74, 6) is 1.12. The summed E-state index contributed by atoms with van der Waals surface area (Å²) in [5.41, 5.74) is 2.26. The van der Waals surface area contributed by atoms with Crippen molar-refractivity contribution in [3.63, 3.8) is 0 Å². The first-order valence-corrected chi connectivity index (χ1v) is 10.9. The van der Waals surface area contributed by atoms with Gasteiger partial charge in [0.2, 0.25) is 0 Å². The summed E-state index contributed by atoms with van der Waals surface area (Å²) in [6.07, 6.45) is 4.98. The summed E-state index contributed by atoms with van der Waals surface area (Å²) in [7, 11) is 0. The number of phenols is 1. The zero-order valence-electron chi connectivity index (χ0n) is 17.4. The number of aromatic nitrogens is 1. The summed E-state index contributed by atoms with van der Waals surface area (Å²) in [4.78, 5) is 18.7. The molecule has 160 valence electrons. The number of amides is 1. The molecular formula is C25H26N2O4. The van der Waals surface area contributed by atoms with Crippen molar-refractivity contribution in [1.29, 1.82) is 0 Å². The lowest BCUT2D eigenvalue weighted by atomic mass is 10.0. The molecule has 0 saturated carbocycles. The number of nitrogens with zero attached hydrogens (tertiary/aromatic N) is 2. The molecule has 1 N–H and O–H groups in total. The minimum atomic E-state index is -0.244. The standard InChI is InChI=1S/C25H26N2O4/c28-24-21(10-7-18-3-1-13-26-23(18)24)17-5-8-19(9-6-17)31-20-11-14-27(15-12-20)25(29)22-4-2-16-30-22/h1,3,5-10,13,20,22,28H,2,4,11-12,14-16H2. The van der Waals surface area contributed by atoms with Crippen LogP contribution < -0.4 is 4.74 Å². The summed E-state index contributed by atoms with van der Waals surface area (Å²) in [6, 6.07) is 15.4. The van der Waals surface area contributed by atoms with Crippen molar-refractivity contribution in [2.24, 2.45) is 0 Å². The molecule has 5 rings (SSSR count). The number of rotatable bonds is 4. The third-order valence-electron chi connectivity index (χ3n) is 6.17. The molecule has 2 fully saturated rings. The maximum Gasteiger partial charge on any atom is 0.251 e. The van der Waals surface area contributed by atoms with Gasteiger partial charge in [0.05, 0.1) is 0 Å². The maximum atomic E-state index is 12.5. The Balaban J connectivity index is 1.21. The van der Waals surface area contributed by atoms with Gasteiger partial charge in [0, 0.05) is 49.7 Å². The highest BCUT2D eigenvalue weighted by Gasteiger charge is 2.31. The van der Waals surface area contributed by atoms with E-state index in [4.69, 9.17) is 9.47 Å². The Bertz CT molecular complexity index is 1070. The van der Waals surface area contributed by atoms with Crippen molar-refractivity contribution in [2.75, 3.05) is 19.7 Å². The monoisotopic (exact) mass is 418 g/mol. The Morgan fingerprint density at radius 1 is 1.06 bits per heavy atom. The second kappa shape index (κ2) is 8.55. The molecule has 1 aromatic heterocycles. The third kappa shape index (κ3) is 4.08. The van der Waals surface area contributed by atoms with Gasteiger partial charge in [-0.2, -0.15) is 0 Å². The predicted molar refractivity (Wildman–Crippen MR) is 118 cm³/mol. The first-order chi connectivity index (χ1) is 15.2. The minimum Gasteiger partial charge on any atom is -0.505 e. The van der Waals surface area contributed by atoms with Crippen LogP contribution in [-0.4, -0.2) is 52.8 Å². The molecule has 0 aliphatic carbocycles. The van der Waals surface area contributed by atoms with Gasteiger partial charge in [-0.15, -0.1) is 0 Å². The Morgan fingerprint density at radius 2 is 1.87 bits per heavy atom. The van der Waals surface area contributed by atoms with Crippen LogP contribution in [0.25, 0.3) is 22.0 Å². The molecule has 0 bridgehead atoms. The van der Waals surface area contributed by atoms with Crippen molar-refractivity contribution in [3.8, 4) is 22.6 Å². The molecule has 1 atom stereocenters. The van der Waals surface area contributed by atoms with E-state index < -0.39 is 0 Å². The topological polar surface area (TPSA) is 71.9 Å². The smallest absolute Gasteiger partial charge is 0.251 e. The van der Waals surface area contributed by atoms with E-state index in [1.807, 2.05) is 53.4 Å². The van der Waals surface area contributed by atoms with Crippen LogP contribution >= 0.6 is 0 Å². The fourth-order valence-electron chi connectivity index (χ4n) is 4.44. The summed E-state index contributed by atoms with van der Waals surface area (Å²) in [6.45, 7) is 2.11. The van der Waals surface area contributed by atoms with Gasteiger partial charge in [0.1, 0.15) is 29.2 Å². The second-order valence-electron chi connectivity index (χ2n) is 8.21. The summed E-state index contributed by atoms with van der Waals surface area (Å²) in [5, 5.41) is 11.6. The number of phenolic OH excluding ortho intramolecular Hbond substituents is 1. The highest BCUT2D eigenvalue weighted by Crippen LogP contribution is 2.35. The van der Waals surface area contributed by atoms with Crippen LogP contribution in [0.1, 0.15) is 25.7 Å². The molecule has 0 spiro atoms. The zero-order valence-corrected chi connectivity index (χ0v) is 17.4. The van der Waals surface area contributed by atoms with E-state index in [2.05, 4.69) is 4.98 Å². The van der Waals surface area contributed by atoms with Crippen LogP contribution in [0.2, 0.25) is 0 Å². The van der Waals surface area contributed by atoms with Crippen molar-refractivity contribution < 1.29 is 19.4 Å². The fourth-order valence-corrected chi connectivity index (χ4v) is 4.44. The van der Waals surface area contributed by atoms with E-state index in [1.165, 1.54) is 0 Å². The number of hydrogen-bond acceptors (Lipinski definition) is 5. The number of likely N-dealkylation sites (tertiary alicyclic amines) is 1. The van der Waals surface area contributed by atoms with Crippen LogP contribution in [0, 0.1) is 0 Å². The normalized spacial score (nSPS) is 19.6. The first-order valence-electron chi connectivity index (χ1n) is 10.9. The molecule has 2 aliphatic heterocycles. The van der Waals surface area contributed by atoms with E-state index in [0.717, 1.165) is 47.9 Å². The van der Waals surface area contributed by atoms with Crippen LogP contribution in [0.4, 0.5) is 0 Å². The maximum absolute atomic E-state index is 12.5. The molecule has 2 aliphatic rings. The number of aromatic hydroxyl groups is 1. The number of benzene rings is 2. The average molecular weight is 418 g/mol. The second-order valence-corrected chi connectivity index (χ2v) is 8.21. The van der Waals surface area contributed by atoms with Crippen molar-refractivity contribution in [1.82, 2.24) is 9.88 Å². The molecule has 0 radical (unpaired) electrons. The fraction of sp³-hybridized carbons (Fsp3) is 0.360. The van der Waals surface area contributed by atoms with Crippen LogP contribution in [-0.2, 0) is 9.53 Å². The number of piperidine rings is 1. The van der Waals surface area contributed by atoms with Gasteiger partial charge in [-0.25, -0.2) is 0 Å². The van der Waals surface area contributed by atoms with E-state index in [0.29, 0.717) is 25.2 Å². The highest BCUT2D eigenvalue weighted by molar-refractivity contribution is 5.91. The van der Waals surface area contributed by atoms with Gasteiger partial charge in [-0.3, -0.25) is 9.78 Å². The molecule has 31 heavy (non-hydrogen) atoms. The molecule has 6 nitrogen and oxygen atoms in total. The number of hydrogen-bond donors (Lipinski definition) is 1. The van der Waals surface area contributed by atoms with Gasteiger partial charge in [-0.1, -0.05) is 24.3 Å². The van der Waals surface area contributed by atoms with Crippen molar-refractivity contribution in [3.05, 3.63) is 54.7 Å². The molecule has 1 unspecified atom stereocenters. The largest absolute Gasteiger partial charge is 0.505 e. The van der Waals surface area contributed by atoms with E-state index in [9.17, 15) is 9.90 Å². The van der Waals surface area contributed by atoms with E-state index in [-0.39, 0.29) is 23.9 Å². The lowest BCUT2D eigenvalue weighted by Crippen LogP contribution is -2.45. The Kier molecular flexibility index (Phi) is 5.47. The van der Waals surface area contributed by atoms with Gasteiger partial charge < -0.3 is 19.5 Å². The molecule has 1 amide bonds. The molecule has 3 aromatic rings. The van der Waals surface area contributed by atoms with Crippen molar-refractivity contribution >= 4 is 16.8 Å². The lowest BCUT2D eigenvalue weighted by Gasteiger charge is -2.33. The molecule has 2 saturated heterocycles. The molecule has 2 aromatic carbocycles. The summed E-state index contributed by atoms with van der Waals surface area (Å²) >= 11 is 0. The van der Waals surface area contributed by atoms with E-state index >= 15 is 0 Å². The number of ether oxygens (including phenoxy) is 2. The molecule has 3 heterocycles.